The Bertz CT molecular complexity index is 2220. The molecule has 3 atom stereocenters. The first kappa shape index (κ1) is 40.7. The number of piperidine rings is 3. The fraction of sp³-hybridized carbons (Fsp3) is 0.468. The highest BCUT2D eigenvalue weighted by Crippen LogP contribution is 2.39. The van der Waals surface area contributed by atoms with Crippen LogP contribution >= 0.6 is 0 Å². The lowest BCUT2D eigenvalue weighted by Gasteiger charge is -2.52. The van der Waals surface area contributed by atoms with Crippen molar-refractivity contribution in [2.24, 2.45) is 0 Å². The van der Waals surface area contributed by atoms with Gasteiger partial charge in [0, 0.05) is 88.3 Å². The second kappa shape index (κ2) is 17.7. The van der Waals surface area contributed by atoms with E-state index >= 15 is 0 Å². The lowest BCUT2D eigenvalue weighted by molar-refractivity contribution is -0.135. The van der Waals surface area contributed by atoms with E-state index in [2.05, 4.69) is 77.6 Å². The summed E-state index contributed by atoms with van der Waals surface area (Å²) in [5.41, 5.74) is 13.4. The van der Waals surface area contributed by atoms with Gasteiger partial charge in [-0.05, 0) is 111 Å². The summed E-state index contributed by atoms with van der Waals surface area (Å²) in [6.45, 7) is 7.96. The average molecular weight is 827 g/mol. The summed E-state index contributed by atoms with van der Waals surface area (Å²) in [4.78, 5) is 51.5. The number of aromatic hydroxyl groups is 1. The van der Waals surface area contributed by atoms with Crippen molar-refractivity contribution in [3.8, 4) is 17.0 Å². The van der Waals surface area contributed by atoms with Crippen molar-refractivity contribution in [1.82, 2.24) is 30.2 Å². The van der Waals surface area contributed by atoms with Gasteiger partial charge in [0.05, 0.1) is 17.9 Å². The first-order valence-corrected chi connectivity index (χ1v) is 22.1. The summed E-state index contributed by atoms with van der Waals surface area (Å²) in [6.07, 6.45) is 6.28. The van der Waals surface area contributed by atoms with E-state index in [9.17, 15) is 19.5 Å². The molecule has 3 aromatic carbocycles. The van der Waals surface area contributed by atoms with Gasteiger partial charge >= 0.3 is 0 Å². The van der Waals surface area contributed by atoms with E-state index in [0.29, 0.717) is 54.5 Å². The van der Waals surface area contributed by atoms with Crippen molar-refractivity contribution in [3.05, 3.63) is 90.0 Å². The van der Waals surface area contributed by atoms with Crippen molar-refractivity contribution in [2.75, 3.05) is 86.4 Å². The number of benzene rings is 3. The van der Waals surface area contributed by atoms with Crippen LogP contribution in [0, 0.1) is 0 Å². The van der Waals surface area contributed by atoms with Crippen LogP contribution in [0.1, 0.15) is 62.0 Å². The maximum atomic E-state index is 13.5. The van der Waals surface area contributed by atoms with E-state index < -0.39 is 0 Å². The Hall–Kier alpha value is -5.73. The minimum Gasteiger partial charge on any atom is -0.507 e. The number of imide groups is 1. The van der Waals surface area contributed by atoms with E-state index in [-0.39, 0.29) is 29.5 Å². The van der Waals surface area contributed by atoms with Crippen LogP contribution in [-0.4, -0.2) is 132 Å². The van der Waals surface area contributed by atoms with Crippen molar-refractivity contribution < 1.29 is 19.5 Å². The molecule has 0 saturated carbocycles. The summed E-state index contributed by atoms with van der Waals surface area (Å²) in [5, 5.41) is 21.6. The molecule has 0 radical (unpaired) electrons. The number of hydrogen-bond acceptors (Lipinski definition) is 12. The number of phenolic OH excluding ortho intramolecular Hbond substituents is 1. The van der Waals surface area contributed by atoms with Crippen LogP contribution in [0.4, 0.5) is 22.9 Å². The molecule has 6 heterocycles. The fourth-order valence-electron chi connectivity index (χ4n) is 10.4. The third-order valence-corrected chi connectivity index (χ3v) is 13.8. The third-order valence-electron chi connectivity index (χ3n) is 13.8. The Morgan fingerprint density at radius 2 is 1.59 bits per heavy atom. The molecule has 4 aromatic rings. The van der Waals surface area contributed by atoms with Crippen LogP contribution in [0.5, 0.6) is 5.75 Å². The molecule has 5 fully saturated rings. The molecular weight excluding hydrogens is 769 g/mol. The van der Waals surface area contributed by atoms with Crippen LogP contribution in [0.15, 0.2) is 78.9 Å². The number of carbonyl (C=O) groups excluding carboxylic acids is 3. The van der Waals surface area contributed by atoms with E-state index in [1.165, 1.54) is 23.2 Å². The zero-order chi connectivity index (χ0) is 42.0. The standard InChI is InChI=1S/C47H58N10O4/c1-52(41-15-16-44(59)49-47(41)61)35-9-5-8-34(26-35)33-17-19-53(20-18-33)31-45(60)55-23-21-54(22-24-55)28-32-7-4-10-36(25-32)57-37-11-6-12-38(57)30-56(29-37)42-27-40(50-51-46(42)48)39-13-2-3-14-43(39)58/h2-5,7-10,13-14,25-27,33,37-38,41,58H,6,11-12,15-24,28-31H2,1H3,(H2,48,51)(H,49,59,61)/t37-,38+,41?. The number of carbonyl (C=O) groups is 3. The number of rotatable bonds is 10. The van der Waals surface area contributed by atoms with Gasteiger partial charge in [0.2, 0.25) is 17.7 Å². The second-order valence-electron chi connectivity index (χ2n) is 17.6. The van der Waals surface area contributed by atoms with E-state index in [0.717, 1.165) is 96.0 Å². The number of amides is 3. The topological polar surface area (TPSA) is 155 Å². The van der Waals surface area contributed by atoms with E-state index in [1.54, 1.807) is 12.1 Å². The van der Waals surface area contributed by atoms with Crippen LogP contribution in [0.25, 0.3) is 11.3 Å². The predicted octanol–water partition coefficient (Wildman–Crippen LogP) is 4.44. The Balaban J connectivity index is 0.751. The first-order chi connectivity index (χ1) is 29.7. The first-order valence-electron chi connectivity index (χ1n) is 22.1. The number of likely N-dealkylation sites (tertiary alicyclic amines) is 1. The second-order valence-corrected chi connectivity index (χ2v) is 17.6. The number of anilines is 4. The Kier molecular flexibility index (Phi) is 11.8. The number of hydrogen-bond donors (Lipinski definition) is 3. The van der Waals surface area contributed by atoms with Crippen LogP contribution in [0.2, 0.25) is 0 Å². The summed E-state index contributed by atoms with van der Waals surface area (Å²) >= 11 is 0. The monoisotopic (exact) mass is 826 g/mol. The minimum absolute atomic E-state index is 0.173. The number of fused-ring (bicyclic) bond motifs is 2. The zero-order valence-corrected chi connectivity index (χ0v) is 35.2. The Labute approximate surface area is 358 Å². The highest BCUT2D eigenvalue weighted by Gasteiger charge is 2.39. The Morgan fingerprint density at radius 3 is 2.34 bits per heavy atom. The molecule has 5 aliphatic rings. The summed E-state index contributed by atoms with van der Waals surface area (Å²) in [7, 11) is 1.93. The normalized spacial score (nSPS) is 22.9. The molecule has 5 aliphatic heterocycles. The van der Waals surface area contributed by atoms with Crippen molar-refractivity contribution in [3.63, 3.8) is 0 Å². The fourth-order valence-corrected chi connectivity index (χ4v) is 10.4. The summed E-state index contributed by atoms with van der Waals surface area (Å²) in [5.74, 6) is 0.779. The molecule has 2 bridgehead atoms. The molecule has 1 aromatic heterocycles. The van der Waals surface area contributed by atoms with Crippen molar-refractivity contribution >= 4 is 40.6 Å². The van der Waals surface area contributed by atoms with E-state index in [4.69, 9.17) is 5.73 Å². The van der Waals surface area contributed by atoms with Crippen molar-refractivity contribution in [1.29, 1.82) is 0 Å². The highest BCUT2D eigenvalue weighted by molar-refractivity contribution is 6.01. The molecular formula is C47H58N10O4. The molecule has 0 spiro atoms. The molecule has 320 valence electrons. The van der Waals surface area contributed by atoms with Crippen LogP contribution in [0.3, 0.4) is 0 Å². The van der Waals surface area contributed by atoms with Crippen LogP contribution in [-0.2, 0) is 20.9 Å². The summed E-state index contributed by atoms with van der Waals surface area (Å²) in [6, 6.07) is 27.0. The lowest BCUT2D eigenvalue weighted by Crippen LogP contribution is -2.61. The predicted molar refractivity (Wildman–Crippen MR) is 237 cm³/mol. The van der Waals surface area contributed by atoms with Gasteiger partial charge in [-0.15, -0.1) is 10.2 Å². The Morgan fingerprint density at radius 1 is 0.836 bits per heavy atom. The molecule has 1 unspecified atom stereocenters. The van der Waals surface area contributed by atoms with Gasteiger partial charge in [0.25, 0.3) is 0 Å². The van der Waals surface area contributed by atoms with Gasteiger partial charge in [-0.25, -0.2) is 0 Å². The molecule has 3 amide bonds. The number of para-hydroxylation sites is 1. The highest BCUT2D eigenvalue weighted by atomic mass is 16.3. The number of nitrogens with one attached hydrogen (secondary N) is 1. The van der Waals surface area contributed by atoms with Crippen LogP contribution < -0.4 is 25.8 Å². The number of phenols is 1. The van der Waals surface area contributed by atoms with Gasteiger partial charge in [-0.1, -0.05) is 36.4 Å². The lowest BCUT2D eigenvalue weighted by atomic mass is 9.89. The molecule has 5 saturated heterocycles. The SMILES string of the molecule is CN(c1cccc(C2CCN(CC(=O)N3CCN(Cc4cccc(N5[C@@H]6CCC[C@H]5CN(c5cc(-c7ccccc7O)nnc5N)C6)c4)CC3)CC2)c1)C1CCC(=O)NC1=O. The molecule has 14 heteroatoms. The van der Waals surface area contributed by atoms with Crippen molar-refractivity contribution in [2.45, 2.75) is 75.5 Å². The zero-order valence-electron chi connectivity index (χ0n) is 35.2. The number of aromatic nitrogens is 2. The smallest absolute Gasteiger partial charge is 0.249 e. The van der Waals surface area contributed by atoms with Gasteiger partial charge < -0.3 is 30.4 Å². The number of nitrogens with two attached hydrogens (primary N) is 1. The maximum Gasteiger partial charge on any atom is 0.249 e. The van der Waals surface area contributed by atoms with Gasteiger partial charge in [0.15, 0.2) is 5.82 Å². The minimum atomic E-state index is -0.348. The molecule has 4 N–H and O–H groups in total. The average Bonchev–Trinajstić information content (AvgIpc) is 3.27. The molecule has 14 nitrogen and oxygen atoms in total. The van der Waals surface area contributed by atoms with Gasteiger partial charge in [0.1, 0.15) is 11.8 Å². The number of nitrogen functional groups attached to an aromatic ring is 1. The van der Waals surface area contributed by atoms with Gasteiger partial charge in [-0.3, -0.25) is 29.5 Å². The largest absolute Gasteiger partial charge is 0.507 e. The number of piperazine rings is 2. The maximum absolute atomic E-state index is 13.5. The molecule has 0 aliphatic carbocycles. The molecule has 61 heavy (non-hydrogen) atoms. The quantitative estimate of drug-likeness (QED) is 0.194. The molecule has 9 rings (SSSR count). The number of likely N-dealkylation sites (N-methyl/N-ethyl adjacent to an activating group) is 1. The third kappa shape index (κ3) is 8.87. The number of nitrogens with zero attached hydrogens (tertiary/aromatic N) is 8. The summed E-state index contributed by atoms with van der Waals surface area (Å²) < 4.78 is 0. The van der Waals surface area contributed by atoms with Gasteiger partial charge in [-0.2, -0.15) is 0 Å². The van der Waals surface area contributed by atoms with E-state index in [1.807, 2.05) is 41.1 Å².